The van der Waals surface area contributed by atoms with E-state index in [2.05, 4.69) is 9.93 Å². The Hall–Kier alpha value is -2.14. The molecule has 1 N–H and O–H groups in total. The standard InChI is InChI=1S/C16H18N2O2S/c1-13-8-10-16(11-9-13)21(19,20)18-17-12-14(2)15-6-4-3-5-7-15/h3-12,14,18H,1-2H3/b17-12+/t14-/m0/s1. The Kier molecular flexibility index (Phi) is 4.75. The Labute approximate surface area is 125 Å². The predicted octanol–water partition coefficient (Wildman–Crippen LogP) is 3.06. The van der Waals surface area contributed by atoms with Gasteiger partial charge in [0, 0.05) is 12.1 Å². The number of rotatable bonds is 5. The molecule has 0 heterocycles. The first-order chi connectivity index (χ1) is 9.99. The lowest BCUT2D eigenvalue weighted by Crippen LogP contribution is -2.18. The minimum absolute atomic E-state index is 0.0342. The van der Waals surface area contributed by atoms with Crippen molar-refractivity contribution in [1.29, 1.82) is 0 Å². The van der Waals surface area contributed by atoms with Crippen molar-refractivity contribution in [3.8, 4) is 0 Å². The highest BCUT2D eigenvalue weighted by Gasteiger charge is 2.12. The van der Waals surface area contributed by atoms with E-state index in [1.165, 1.54) is 0 Å². The van der Waals surface area contributed by atoms with E-state index in [-0.39, 0.29) is 10.8 Å². The molecule has 2 rings (SSSR count). The zero-order valence-corrected chi connectivity index (χ0v) is 12.8. The van der Waals surface area contributed by atoms with Gasteiger partial charge in [-0.2, -0.15) is 13.5 Å². The van der Waals surface area contributed by atoms with E-state index in [1.807, 2.05) is 44.2 Å². The quantitative estimate of drug-likeness (QED) is 0.681. The third-order valence-electron chi connectivity index (χ3n) is 3.13. The van der Waals surface area contributed by atoms with Crippen molar-refractivity contribution in [2.24, 2.45) is 5.10 Å². The van der Waals surface area contributed by atoms with Crippen LogP contribution in [0.3, 0.4) is 0 Å². The average Bonchev–Trinajstić information content (AvgIpc) is 2.48. The van der Waals surface area contributed by atoms with Crippen molar-refractivity contribution in [2.45, 2.75) is 24.7 Å². The molecule has 1 atom stereocenters. The molecule has 5 heteroatoms. The summed E-state index contributed by atoms with van der Waals surface area (Å²) in [6.07, 6.45) is 1.58. The van der Waals surface area contributed by atoms with Gasteiger partial charge >= 0.3 is 0 Å². The van der Waals surface area contributed by atoms with Gasteiger partial charge in [-0.05, 0) is 24.6 Å². The number of nitrogens with zero attached hydrogens (tertiary/aromatic N) is 1. The van der Waals surface area contributed by atoms with Gasteiger partial charge in [0.25, 0.3) is 10.0 Å². The molecule has 110 valence electrons. The second-order valence-electron chi connectivity index (χ2n) is 4.89. The molecule has 0 radical (unpaired) electrons. The molecule has 0 aliphatic heterocycles. The molecule has 0 aliphatic rings. The maximum absolute atomic E-state index is 12.0. The second kappa shape index (κ2) is 6.54. The van der Waals surface area contributed by atoms with Crippen molar-refractivity contribution in [3.63, 3.8) is 0 Å². The van der Waals surface area contributed by atoms with Crippen LogP contribution in [-0.2, 0) is 10.0 Å². The number of aryl methyl sites for hydroxylation is 1. The molecule has 0 saturated carbocycles. The number of hydrogen-bond acceptors (Lipinski definition) is 3. The molecule has 21 heavy (non-hydrogen) atoms. The van der Waals surface area contributed by atoms with E-state index in [0.29, 0.717) is 0 Å². The molecule has 0 amide bonds. The number of hydrogen-bond donors (Lipinski definition) is 1. The van der Waals surface area contributed by atoms with Gasteiger partial charge in [0.15, 0.2) is 0 Å². The largest absolute Gasteiger partial charge is 0.276 e. The Morgan fingerprint density at radius 2 is 1.67 bits per heavy atom. The summed E-state index contributed by atoms with van der Waals surface area (Å²) in [5.41, 5.74) is 2.09. The zero-order chi connectivity index (χ0) is 15.3. The van der Waals surface area contributed by atoms with Crippen LogP contribution >= 0.6 is 0 Å². The minimum atomic E-state index is -3.60. The van der Waals surface area contributed by atoms with Crippen molar-refractivity contribution in [1.82, 2.24) is 4.83 Å². The van der Waals surface area contributed by atoms with Gasteiger partial charge in [0.2, 0.25) is 0 Å². The third kappa shape index (κ3) is 4.16. The van der Waals surface area contributed by atoms with Crippen LogP contribution in [0.1, 0.15) is 24.0 Å². The third-order valence-corrected chi connectivity index (χ3v) is 4.37. The number of nitrogens with one attached hydrogen (secondary N) is 1. The van der Waals surface area contributed by atoms with Crippen LogP contribution in [0, 0.1) is 6.92 Å². The summed E-state index contributed by atoms with van der Waals surface area (Å²) in [5.74, 6) is 0.0342. The highest BCUT2D eigenvalue weighted by molar-refractivity contribution is 7.89. The summed E-state index contributed by atoms with van der Waals surface area (Å²) >= 11 is 0. The van der Waals surface area contributed by atoms with E-state index in [0.717, 1.165) is 11.1 Å². The molecule has 4 nitrogen and oxygen atoms in total. The first kappa shape index (κ1) is 15.3. The van der Waals surface area contributed by atoms with Crippen LogP contribution in [0.25, 0.3) is 0 Å². The van der Waals surface area contributed by atoms with Gasteiger partial charge < -0.3 is 0 Å². The molecular weight excluding hydrogens is 284 g/mol. The van der Waals surface area contributed by atoms with Gasteiger partial charge in [-0.15, -0.1) is 0 Å². The Morgan fingerprint density at radius 3 is 2.29 bits per heavy atom. The van der Waals surface area contributed by atoms with Crippen LogP contribution in [0.15, 0.2) is 64.6 Å². The van der Waals surface area contributed by atoms with Crippen molar-refractivity contribution < 1.29 is 8.42 Å². The summed E-state index contributed by atoms with van der Waals surface area (Å²) in [5, 5.41) is 3.86. The summed E-state index contributed by atoms with van der Waals surface area (Å²) < 4.78 is 24.1. The van der Waals surface area contributed by atoms with Crippen LogP contribution in [0.2, 0.25) is 0 Å². The number of benzene rings is 2. The van der Waals surface area contributed by atoms with E-state index in [4.69, 9.17) is 0 Å². The van der Waals surface area contributed by atoms with Gasteiger partial charge in [0.05, 0.1) is 4.90 Å². The fourth-order valence-electron chi connectivity index (χ4n) is 1.82. The van der Waals surface area contributed by atoms with Crippen LogP contribution in [0.4, 0.5) is 0 Å². The number of sulfonamides is 1. The van der Waals surface area contributed by atoms with Crippen molar-refractivity contribution in [3.05, 3.63) is 65.7 Å². The van der Waals surface area contributed by atoms with E-state index >= 15 is 0 Å². The fourth-order valence-corrected chi connectivity index (χ4v) is 2.62. The van der Waals surface area contributed by atoms with Crippen molar-refractivity contribution >= 4 is 16.2 Å². The highest BCUT2D eigenvalue weighted by atomic mass is 32.2. The van der Waals surface area contributed by atoms with E-state index < -0.39 is 10.0 Å². The summed E-state index contributed by atoms with van der Waals surface area (Å²) in [4.78, 5) is 2.44. The zero-order valence-electron chi connectivity index (χ0n) is 12.0. The summed E-state index contributed by atoms with van der Waals surface area (Å²) in [7, 11) is -3.60. The lowest BCUT2D eigenvalue weighted by atomic mass is 10.0. The van der Waals surface area contributed by atoms with E-state index in [9.17, 15) is 8.42 Å². The first-order valence-electron chi connectivity index (χ1n) is 6.65. The Morgan fingerprint density at radius 1 is 1.05 bits per heavy atom. The van der Waals surface area contributed by atoms with Gasteiger partial charge in [-0.1, -0.05) is 55.0 Å². The van der Waals surface area contributed by atoms with Crippen molar-refractivity contribution in [2.75, 3.05) is 0 Å². The van der Waals surface area contributed by atoms with Crippen LogP contribution in [0.5, 0.6) is 0 Å². The monoisotopic (exact) mass is 302 g/mol. The molecule has 0 spiro atoms. The molecule has 0 aromatic heterocycles. The van der Waals surface area contributed by atoms with E-state index in [1.54, 1.807) is 30.5 Å². The lowest BCUT2D eigenvalue weighted by molar-refractivity contribution is 0.584. The molecule has 2 aromatic carbocycles. The van der Waals surface area contributed by atoms with Gasteiger partial charge in [-0.25, -0.2) is 4.83 Å². The second-order valence-corrected chi connectivity index (χ2v) is 6.55. The Bertz CT molecular complexity index is 708. The molecule has 0 saturated heterocycles. The summed E-state index contributed by atoms with van der Waals surface area (Å²) in [6.45, 7) is 3.86. The molecule has 0 fully saturated rings. The maximum atomic E-state index is 12.0. The SMILES string of the molecule is Cc1ccc(S(=O)(=O)N/N=C/[C@H](C)c2ccccc2)cc1. The van der Waals surface area contributed by atoms with Crippen LogP contribution in [-0.4, -0.2) is 14.6 Å². The maximum Gasteiger partial charge on any atom is 0.276 e. The molecule has 2 aromatic rings. The van der Waals surface area contributed by atoms with Gasteiger partial charge in [-0.3, -0.25) is 0 Å². The molecule has 0 unspecified atom stereocenters. The molecule has 0 aliphatic carbocycles. The molecule has 0 bridgehead atoms. The first-order valence-corrected chi connectivity index (χ1v) is 8.14. The predicted molar refractivity (Wildman–Crippen MR) is 84.8 cm³/mol. The fraction of sp³-hybridized carbons (Fsp3) is 0.188. The van der Waals surface area contributed by atoms with Gasteiger partial charge in [0.1, 0.15) is 0 Å². The normalized spacial score (nSPS) is 13.2. The molecular formula is C16H18N2O2S. The minimum Gasteiger partial charge on any atom is -0.200 e. The topological polar surface area (TPSA) is 58.5 Å². The number of hydrazone groups is 1. The smallest absolute Gasteiger partial charge is 0.200 e. The summed E-state index contributed by atoms with van der Waals surface area (Å²) in [6, 6.07) is 16.4. The Balaban J connectivity index is 2.05. The average molecular weight is 302 g/mol. The van der Waals surface area contributed by atoms with Crippen LogP contribution < -0.4 is 4.83 Å². The lowest BCUT2D eigenvalue weighted by Gasteiger charge is -2.06. The highest BCUT2D eigenvalue weighted by Crippen LogP contribution is 2.12.